The summed E-state index contributed by atoms with van der Waals surface area (Å²) in [5.41, 5.74) is 2.30. The van der Waals surface area contributed by atoms with E-state index in [2.05, 4.69) is 20.6 Å². The molecule has 0 fully saturated rings. The summed E-state index contributed by atoms with van der Waals surface area (Å²) >= 11 is 6.08. The first-order valence-electron chi connectivity index (χ1n) is 8.39. The van der Waals surface area contributed by atoms with Crippen molar-refractivity contribution in [2.75, 3.05) is 24.9 Å². The standard InChI is InChI=1S/C20H19ClN4O3/c1-12-14(21)5-4-6-15(12)25-20(26)17-10-23-19(11-22-17)24-16-8-7-13(27-2)9-18(16)28-3/h4-11H,1-3H3,(H,23,24)(H,25,26). The summed E-state index contributed by atoms with van der Waals surface area (Å²) in [6, 6.07) is 10.7. The van der Waals surface area contributed by atoms with Crippen LogP contribution in [0.15, 0.2) is 48.8 Å². The molecule has 144 valence electrons. The summed E-state index contributed by atoms with van der Waals surface area (Å²) in [6.45, 7) is 1.83. The molecule has 2 aromatic carbocycles. The van der Waals surface area contributed by atoms with Gasteiger partial charge in [-0.1, -0.05) is 17.7 Å². The molecule has 1 aromatic heterocycles. The maximum absolute atomic E-state index is 12.4. The maximum atomic E-state index is 12.4. The molecule has 0 unspecified atom stereocenters. The van der Waals surface area contributed by atoms with Crippen molar-refractivity contribution in [3.63, 3.8) is 0 Å². The number of anilines is 3. The number of carbonyl (C=O) groups is 1. The van der Waals surface area contributed by atoms with E-state index in [-0.39, 0.29) is 11.6 Å². The zero-order valence-corrected chi connectivity index (χ0v) is 16.4. The Labute approximate surface area is 167 Å². The van der Waals surface area contributed by atoms with Crippen molar-refractivity contribution < 1.29 is 14.3 Å². The zero-order valence-electron chi connectivity index (χ0n) is 15.6. The van der Waals surface area contributed by atoms with Gasteiger partial charge < -0.3 is 20.1 Å². The van der Waals surface area contributed by atoms with Crippen LogP contribution >= 0.6 is 11.6 Å². The molecule has 0 atom stereocenters. The second kappa shape index (κ2) is 8.58. The molecule has 8 heteroatoms. The molecule has 0 bridgehead atoms. The lowest BCUT2D eigenvalue weighted by Crippen LogP contribution is -2.15. The average Bonchev–Trinajstić information content (AvgIpc) is 2.72. The molecule has 0 radical (unpaired) electrons. The van der Waals surface area contributed by atoms with Crippen LogP contribution in [0.25, 0.3) is 0 Å². The van der Waals surface area contributed by atoms with E-state index >= 15 is 0 Å². The molecule has 3 aromatic rings. The fourth-order valence-corrected chi connectivity index (χ4v) is 2.65. The van der Waals surface area contributed by atoms with E-state index in [0.29, 0.717) is 33.7 Å². The van der Waals surface area contributed by atoms with Gasteiger partial charge >= 0.3 is 0 Å². The number of nitrogens with zero attached hydrogens (tertiary/aromatic N) is 2. The van der Waals surface area contributed by atoms with Gasteiger partial charge in [-0.2, -0.15) is 0 Å². The Bertz CT molecular complexity index is 993. The third-order valence-electron chi connectivity index (χ3n) is 4.07. The molecule has 0 spiro atoms. The highest BCUT2D eigenvalue weighted by atomic mass is 35.5. The van der Waals surface area contributed by atoms with Gasteiger partial charge in [-0.25, -0.2) is 9.97 Å². The number of hydrogen-bond donors (Lipinski definition) is 2. The van der Waals surface area contributed by atoms with Crippen LogP contribution in [0.1, 0.15) is 16.1 Å². The monoisotopic (exact) mass is 398 g/mol. The number of aromatic nitrogens is 2. The number of halogens is 1. The van der Waals surface area contributed by atoms with Gasteiger partial charge in [0.2, 0.25) is 0 Å². The summed E-state index contributed by atoms with van der Waals surface area (Å²) in [4.78, 5) is 20.8. The number of benzene rings is 2. The second-order valence-electron chi connectivity index (χ2n) is 5.84. The van der Waals surface area contributed by atoms with Gasteiger partial charge in [0.05, 0.1) is 32.3 Å². The van der Waals surface area contributed by atoms with Crippen LogP contribution in [0.3, 0.4) is 0 Å². The van der Waals surface area contributed by atoms with Gasteiger partial charge in [0.15, 0.2) is 0 Å². The van der Waals surface area contributed by atoms with Crippen molar-refractivity contribution in [2.24, 2.45) is 0 Å². The van der Waals surface area contributed by atoms with E-state index in [1.807, 2.05) is 13.0 Å². The lowest BCUT2D eigenvalue weighted by Gasteiger charge is -2.12. The van der Waals surface area contributed by atoms with Gasteiger partial charge in [-0.05, 0) is 36.8 Å². The highest BCUT2D eigenvalue weighted by Crippen LogP contribution is 2.30. The van der Waals surface area contributed by atoms with Crippen LogP contribution in [0.2, 0.25) is 5.02 Å². The van der Waals surface area contributed by atoms with E-state index in [0.717, 1.165) is 5.56 Å². The first-order valence-corrected chi connectivity index (χ1v) is 8.77. The first kappa shape index (κ1) is 19.4. The van der Waals surface area contributed by atoms with Gasteiger partial charge in [0.1, 0.15) is 23.0 Å². The van der Waals surface area contributed by atoms with Crippen LogP contribution in [-0.2, 0) is 0 Å². The second-order valence-corrected chi connectivity index (χ2v) is 6.25. The SMILES string of the molecule is COc1ccc(Nc2cnc(C(=O)Nc3cccc(Cl)c3C)cn2)c(OC)c1. The Balaban J connectivity index is 1.73. The summed E-state index contributed by atoms with van der Waals surface area (Å²) < 4.78 is 10.5. The number of ether oxygens (including phenoxy) is 2. The van der Waals surface area contributed by atoms with Gasteiger partial charge in [0.25, 0.3) is 5.91 Å². The van der Waals surface area contributed by atoms with Crippen molar-refractivity contribution in [3.05, 3.63) is 65.1 Å². The molecule has 0 aliphatic rings. The molecule has 28 heavy (non-hydrogen) atoms. The number of methoxy groups -OCH3 is 2. The predicted octanol–water partition coefficient (Wildman–Crippen LogP) is 4.45. The minimum absolute atomic E-state index is 0.187. The fourth-order valence-electron chi connectivity index (χ4n) is 2.48. The van der Waals surface area contributed by atoms with Gasteiger partial charge in [-0.15, -0.1) is 0 Å². The van der Waals surface area contributed by atoms with E-state index < -0.39 is 0 Å². The summed E-state index contributed by atoms with van der Waals surface area (Å²) in [5, 5.41) is 6.47. The van der Waals surface area contributed by atoms with Crippen LogP contribution in [0, 0.1) is 6.92 Å². The van der Waals surface area contributed by atoms with Gasteiger partial charge in [-0.3, -0.25) is 4.79 Å². The number of amides is 1. The van der Waals surface area contributed by atoms with Crippen LogP contribution in [-0.4, -0.2) is 30.1 Å². The Morgan fingerprint density at radius 3 is 2.54 bits per heavy atom. The fraction of sp³-hybridized carbons (Fsp3) is 0.150. The molecule has 0 saturated carbocycles. The number of rotatable bonds is 6. The summed E-state index contributed by atoms with van der Waals surface area (Å²) in [5.74, 6) is 1.38. The minimum atomic E-state index is -0.369. The molecule has 3 rings (SSSR count). The number of carbonyl (C=O) groups excluding carboxylic acids is 1. The summed E-state index contributed by atoms with van der Waals surface area (Å²) in [6.07, 6.45) is 2.87. The molecule has 7 nitrogen and oxygen atoms in total. The maximum Gasteiger partial charge on any atom is 0.275 e. The van der Waals surface area contributed by atoms with E-state index in [4.69, 9.17) is 21.1 Å². The van der Waals surface area contributed by atoms with Crippen molar-refractivity contribution in [2.45, 2.75) is 6.92 Å². The smallest absolute Gasteiger partial charge is 0.275 e. The molecule has 2 N–H and O–H groups in total. The van der Waals surface area contributed by atoms with Gasteiger partial charge in [0, 0.05) is 16.8 Å². The lowest BCUT2D eigenvalue weighted by molar-refractivity contribution is 0.102. The average molecular weight is 399 g/mol. The minimum Gasteiger partial charge on any atom is -0.497 e. The normalized spacial score (nSPS) is 10.3. The Morgan fingerprint density at radius 2 is 1.86 bits per heavy atom. The molecular formula is C20H19ClN4O3. The van der Waals surface area contributed by atoms with Crippen molar-refractivity contribution in [1.82, 2.24) is 9.97 Å². The van der Waals surface area contributed by atoms with Crippen molar-refractivity contribution >= 4 is 34.7 Å². The molecular weight excluding hydrogens is 380 g/mol. The van der Waals surface area contributed by atoms with E-state index in [1.54, 1.807) is 44.6 Å². The van der Waals surface area contributed by atoms with E-state index in [9.17, 15) is 4.79 Å². The van der Waals surface area contributed by atoms with Crippen molar-refractivity contribution in [3.8, 4) is 11.5 Å². The molecule has 0 aliphatic heterocycles. The van der Waals surface area contributed by atoms with Crippen LogP contribution < -0.4 is 20.1 Å². The highest BCUT2D eigenvalue weighted by Gasteiger charge is 2.12. The van der Waals surface area contributed by atoms with Crippen molar-refractivity contribution in [1.29, 1.82) is 0 Å². The highest BCUT2D eigenvalue weighted by molar-refractivity contribution is 6.31. The summed E-state index contributed by atoms with van der Waals surface area (Å²) in [7, 11) is 3.15. The third-order valence-corrected chi connectivity index (χ3v) is 4.48. The van der Waals surface area contributed by atoms with Crippen LogP contribution in [0.5, 0.6) is 11.5 Å². The van der Waals surface area contributed by atoms with Crippen LogP contribution in [0.4, 0.5) is 17.2 Å². The van der Waals surface area contributed by atoms with E-state index in [1.165, 1.54) is 12.4 Å². The molecule has 0 saturated heterocycles. The molecule has 1 amide bonds. The number of nitrogens with one attached hydrogen (secondary N) is 2. The first-order chi connectivity index (χ1) is 13.5. The zero-order chi connectivity index (χ0) is 20.1. The molecule has 0 aliphatic carbocycles. The Hall–Kier alpha value is -3.32. The Morgan fingerprint density at radius 1 is 1.04 bits per heavy atom. The lowest BCUT2D eigenvalue weighted by atomic mass is 10.2. The Kier molecular flexibility index (Phi) is 5.96. The molecule has 1 heterocycles. The number of hydrogen-bond acceptors (Lipinski definition) is 6. The predicted molar refractivity (Wildman–Crippen MR) is 109 cm³/mol. The quantitative estimate of drug-likeness (QED) is 0.638. The largest absolute Gasteiger partial charge is 0.497 e. The topological polar surface area (TPSA) is 85.4 Å². The third kappa shape index (κ3) is 4.32.